The predicted molar refractivity (Wildman–Crippen MR) is 146 cm³/mol. The number of benzene rings is 3. The first-order valence-electron chi connectivity index (χ1n) is 12.4. The van der Waals surface area contributed by atoms with Crippen LogP contribution in [0.2, 0.25) is 5.15 Å². The topological polar surface area (TPSA) is 140 Å². The number of nitrogen functional groups attached to an aromatic ring is 1. The molecule has 1 aliphatic rings. The van der Waals surface area contributed by atoms with Crippen LogP contribution in [0.4, 0.5) is 5.95 Å². The molecule has 1 fully saturated rings. The number of aliphatic hydroxyl groups excluding tert-OH is 2. The van der Waals surface area contributed by atoms with Crippen molar-refractivity contribution in [3.05, 3.63) is 119 Å². The van der Waals surface area contributed by atoms with Crippen molar-refractivity contribution in [1.29, 1.82) is 0 Å². The van der Waals surface area contributed by atoms with E-state index in [0.29, 0.717) is 16.7 Å². The third-order valence-corrected chi connectivity index (χ3v) is 7.80. The Balaban J connectivity index is 1.74. The third kappa shape index (κ3) is 3.66. The maximum atomic E-state index is 13.2. The molecule has 0 unspecified atom stereocenters. The first-order valence-corrected chi connectivity index (χ1v) is 12.8. The lowest BCUT2D eigenvalue weighted by Gasteiger charge is -2.50. The second-order valence-corrected chi connectivity index (χ2v) is 9.88. The van der Waals surface area contributed by atoms with Crippen molar-refractivity contribution in [3.8, 4) is 0 Å². The second-order valence-electron chi connectivity index (χ2n) is 9.52. The van der Waals surface area contributed by atoms with Gasteiger partial charge in [-0.25, -0.2) is 4.98 Å². The molecular formula is C29H26ClN5O4. The number of fused-ring (bicyclic) bond motifs is 1. The standard InChI is InChI=1S/C29H26ClN5O4/c30-24-22-25(34-27(31)33-24)35(17-32-22)26-29(38,23(37)21(16-36)39-26)28(18-10-4-1-5-11-18,19-12-6-2-7-13-19)20-14-8-3-9-15-20/h1-15,17,21,23,26,36-38H,16H2,(H2,31,33,34)/t21-,23-,26-,29-/m1/s1. The molecule has 0 saturated carbocycles. The molecular weight excluding hydrogens is 518 g/mol. The number of nitrogens with zero attached hydrogens (tertiary/aromatic N) is 4. The highest BCUT2D eigenvalue weighted by molar-refractivity contribution is 6.33. The van der Waals surface area contributed by atoms with Crippen LogP contribution in [0.25, 0.3) is 11.2 Å². The van der Waals surface area contributed by atoms with Crippen LogP contribution in [0.15, 0.2) is 97.3 Å². The molecule has 1 saturated heterocycles. The van der Waals surface area contributed by atoms with E-state index in [4.69, 9.17) is 22.1 Å². The lowest BCUT2D eigenvalue weighted by molar-refractivity contribution is -0.136. The molecule has 4 atom stereocenters. The van der Waals surface area contributed by atoms with Gasteiger partial charge in [0.1, 0.15) is 17.7 Å². The highest BCUT2D eigenvalue weighted by atomic mass is 35.5. The van der Waals surface area contributed by atoms with E-state index in [1.54, 1.807) is 0 Å². The van der Waals surface area contributed by atoms with Gasteiger partial charge in [0, 0.05) is 0 Å². The van der Waals surface area contributed by atoms with E-state index in [0.717, 1.165) is 0 Å². The number of aliphatic hydroxyl groups is 3. The minimum atomic E-state index is -2.12. The van der Waals surface area contributed by atoms with E-state index in [1.165, 1.54) is 10.9 Å². The minimum Gasteiger partial charge on any atom is -0.394 e. The first kappa shape index (κ1) is 25.4. The normalized spacial score (nSPS) is 23.3. The number of hydrogen-bond acceptors (Lipinski definition) is 8. The molecule has 0 radical (unpaired) electrons. The van der Waals surface area contributed by atoms with E-state index in [2.05, 4.69) is 15.0 Å². The third-order valence-electron chi connectivity index (χ3n) is 7.53. The van der Waals surface area contributed by atoms with Gasteiger partial charge >= 0.3 is 0 Å². The predicted octanol–water partition coefficient (Wildman–Crippen LogP) is 3.08. The van der Waals surface area contributed by atoms with Gasteiger partial charge in [0.05, 0.1) is 18.3 Å². The minimum absolute atomic E-state index is 0.0393. The average Bonchev–Trinajstić information content (AvgIpc) is 3.49. The van der Waals surface area contributed by atoms with Gasteiger partial charge in [-0.2, -0.15) is 9.97 Å². The van der Waals surface area contributed by atoms with Crippen LogP contribution in [-0.4, -0.2) is 59.3 Å². The molecule has 10 heteroatoms. The van der Waals surface area contributed by atoms with Crippen LogP contribution in [-0.2, 0) is 10.2 Å². The highest BCUT2D eigenvalue weighted by Crippen LogP contribution is 2.57. The van der Waals surface area contributed by atoms with E-state index >= 15 is 0 Å². The van der Waals surface area contributed by atoms with Crippen molar-refractivity contribution < 1.29 is 20.1 Å². The summed E-state index contributed by atoms with van der Waals surface area (Å²) in [5.41, 5.74) is 4.97. The van der Waals surface area contributed by atoms with E-state index in [9.17, 15) is 15.3 Å². The molecule has 3 aromatic carbocycles. The number of imidazole rings is 1. The molecule has 3 heterocycles. The maximum Gasteiger partial charge on any atom is 0.223 e. The van der Waals surface area contributed by atoms with Gasteiger partial charge in [0.15, 0.2) is 22.6 Å². The first-order chi connectivity index (χ1) is 18.9. The lowest BCUT2D eigenvalue weighted by Crippen LogP contribution is -2.62. The van der Waals surface area contributed by atoms with Crippen molar-refractivity contribution in [2.75, 3.05) is 12.3 Å². The summed E-state index contributed by atoms with van der Waals surface area (Å²) in [4.78, 5) is 12.7. The summed E-state index contributed by atoms with van der Waals surface area (Å²) in [7, 11) is 0. The number of ether oxygens (including phenoxy) is 1. The molecule has 198 valence electrons. The van der Waals surface area contributed by atoms with Gasteiger partial charge in [-0.05, 0) is 16.7 Å². The Morgan fingerprint density at radius 2 is 1.41 bits per heavy atom. The average molecular weight is 544 g/mol. The van der Waals surface area contributed by atoms with Crippen molar-refractivity contribution in [2.24, 2.45) is 0 Å². The molecule has 39 heavy (non-hydrogen) atoms. The van der Waals surface area contributed by atoms with E-state index in [-0.39, 0.29) is 22.3 Å². The van der Waals surface area contributed by atoms with Crippen molar-refractivity contribution in [2.45, 2.75) is 29.5 Å². The number of nitrogens with two attached hydrogens (primary N) is 1. The fourth-order valence-corrected chi connectivity index (χ4v) is 6.15. The smallest absolute Gasteiger partial charge is 0.223 e. The molecule has 2 aromatic heterocycles. The van der Waals surface area contributed by atoms with E-state index in [1.807, 2.05) is 91.0 Å². The molecule has 5 aromatic rings. The Morgan fingerprint density at radius 3 is 1.90 bits per heavy atom. The number of anilines is 1. The zero-order valence-electron chi connectivity index (χ0n) is 20.7. The van der Waals surface area contributed by atoms with Crippen LogP contribution in [0.3, 0.4) is 0 Å². The molecule has 6 rings (SSSR count). The second kappa shape index (κ2) is 9.71. The zero-order chi connectivity index (χ0) is 27.2. The van der Waals surface area contributed by atoms with Crippen molar-refractivity contribution in [3.63, 3.8) is 0 Å². The summed E-state index contributed by atoms with van der Waals surface area (Å²) >= 11 is 6.32. The molecule has 5 N–H and O–H groups in total. The van der Waals surface area contributed by atoms with Crippen LogP contribution in [0.1, 0.15) is 22.9 Å². The van der Waals surface area contributed by atoms with Crippen LogP contribution >= 0.6 is 11.6 Å². The Kier molecular flexibility index (Phi) is 6.33. The van der Waals surface area contributed by atoms with Gasteiger partial charge in [-0.1, -0.05) is 103 Å². The Labute approximate surface area is 229 Å². The monoisotopic (exact) mass is 543 g/mol. The van der Waals surface area contributed by atoms with Crippen LogP contribution in [0, 0.1) is 0 Å². The summed E-state index contributed by atoms with van der Waals surface area (Å²) in [6, 6.07) is 28.3. The molecule has 0 aliphatic carbocycles. The SMILES string of the molecule is Nc1nc(Cl)c2ncn([C@@H]3O[C@H](CO)[C@@H](O)[C@]3(O)C(c3ccccc3)(c3ccccc3)c3ccccc3)c2n1. The number of hydrogen-bond donors (Lipinski definition) is 4. The van der Waals surface area contributed by atoms with Gasteiger partial charge < -0.3 is 25.8 Å². The van der Waals surface area contributed by atoms with Crippen LogP contribution in [0.5, 0.6) is 0 Å². The Bertz CT molecular complexity index is 1510. The van der Waals surface area contributed by atoms with Gasteiger partial charge in [0.2, 0.25) is 5.95 Å². The summed E-state index contributed by atoms with van der Waals surface area (Å²) < 4.78 is 7.76. The number of halogens is 1. The summed E-state index contributed by atoms with van der Waals surface area (Å²) in [6.45, 7) is -0.543. The van der Waals surface area contributed by atoms with Gasteiger partial charge in [0.25, 0.3) is 0 Å². The quantitative estimate of drug-likeness (QED) is 0.189. The Hall–Kier alpha value is -3.86. The highest BCUT2D eigenvalue weighted by Gasteiger charge is 2.68. The molecule has 0 bridgehead atoms. The van der Waals surface area contributed by atoms with Crippen molar-refractivity contribution in [1.82, 2.24) is 19.5 Å². The molecule has 0 amide bonds. The fraction of sp³-hybridized carbons (Fsp3) is 0.207. The largest absolute Gasteiger partial charge is 0.394 e. The Morgan fingerprint density at radius 1 is 0.897 bits per heavy atom. The summed E-state index contributed by atoms with van der Waals surface area (Å²) in [6.07, 6.45) is -2.57. The van der Waals surface area contributed by atoms with Gasteiger partial charge in [-0.15, -0.1) is 0 Å². The molecule has 0 spiro atoms. The number of aromatic nitrogens is 4. The molecule has 9 nitrogen and oxygen atoms in total. The van der Waals surface area contributed by atoms with Crippen molar-refractivity contribution >= 4 is 28.7 Å². The molecule has 1 aliphatic heterocycles. The maximum absolute atomic E-state index is 13.2. The fourth-order valence-electron chi connectivity index (χ4n) is 5.93. The lowest BCUT2D eigenvalue weighted by atomic mass is 9.57. The van der Waals surface area contributed by atoms with Crippen LogP contribution < -0.4 is 5.73 Å². The zero-order valence-corrected chi connectivity index (χ0v) is 21.4. The number of rotatable bonds is 6. The van der Waals surface area contributed by atoms with Gasteiger partial charge in [-0.3, -0.25) is 4.57 Å². The summed E-state index contributed by atoms with van der Waals surface area (Å²) in [5.74, 6) is -0.0875. The van der Waals surface area contributed by atoms with E-state index < -0.39 is 36.1 Å². The summed E-state index contributed by atoms with van der Waals surface area (Å²) in [5, 5.41) is 35.5.